The van der Waals surface area contributed by atoms with Crippen LogP contribution >= 0.6 is 0 Å². The van der Waals surface area contributed by atoms with E-state index in [1.807, 2.05) is 0 Å². The molecule has 13 heteroatoms. The monoisotopic (exact) mass is 536 g/mol. The molecule has 0 aliphatic carbocycles. The van der Waals surface area contributed by atoms with E-state index in [0.29, 0.717) is 11.5 Å². The quantitative estimate of drug-likeness (QED) is 0.376. The van der Waals surface area contributed by atoms with Crippen molar-refractivity contribution in [2.75, 3.05) is 27.4 Å². The molecular formula is C24H28N2O10S. The fourth-order valence-electron chi connectivity index (χ4n) is 3.11. The Bertz CT molecular complexity index is 1120. The maximum absolute atomic E-state index is 14.0. The average molecular weight is 537 g/mol. The fourth-order valence-corrected chi connectivity index (χ4v) is 5.05. The van der Waals surface area contributed by atoms with Crippen molar-refractivity contribution in [3.63, 3.8) is 0 Å². The van der Waals surface area contributed by atoms with E-state index in [4.69, 9.17) is 9.47 Å². The number of nitrogens with one attached hydrogen (secondary N) is 2. The molecule has 2 aromatic carbocycles. The highest BCUT2D eigenvalue weighted by molar-refractivity contribution is 7.91. The predicted molar refractivity (Wildman–Crippen MR) is 130 cm³/mol. The van der Waals surface area contributed by atoms with Crippen LogP contribution in [0.5, 0.6) is 11.5 Å². The zero-order chi connectivity index (χ0) is 27.6. The van der Waals surface area contributed by atoms with Gasteiger partial charge in [0, 0.05) is 13.8 Å². The van der Waals surface area contributed by atoms with Gasteiger partial charge in [-0.15, -0.1) is 0 Å². The van der Waals surface area contributed by atoms with Gasteiger partial charge in [0.1, 0.15) is 11.5 Å². The van der Waals surface area contributed by atoms with Crippen molar-refractivity contribution in [3.8, 4) is 11.5 Å². The zero-order valence-electron chi connectivity index (χ0n) is 20.7. The Morgan fingerprint density at radius 1 is 0.676 bits per heavy atom. The van der Waals surface area contributed by atoms with Crippen LogP contribution in [-0.4, -0.2) is 59.6 Å². The first-order valence-electron chi connectivity index (χ1n) is 10.8. The molecule has 0 saturated carbocycles. The molecule has 0 fully saturated rings. The molecule has 0 bridgehead atoms. The highest BCUT2D eigenvalue weighted by Crippen LogP contribution is 2.33. The molecule has 2 unspecified atom stereocenters. The van der Waals surface area contributed by atoms with E-state index in [9.17, 15) is 27.6 Å². The standard InChI is InChI=1S/C24H28N2O10S/c1-15(27)35-13-21(29)25-23(17-5-9-19(33-3)10-6-17)37(31,32)24(26-22(30)14-36-16(2)28)18-7-11-20(34-4)12-8-18/h5-12,23-24H,13-14H2,1-4H3,(H,25,29)(H,26,30). The van der Waals surface area contributed by atoms with Crippen LogP contribution in [0.4, 0.5) is 0 Å². The molecule has 0 aliphatic heterocycles. The Morgan fingerprint density at radius 2 is 1.00 bits per heavy atom. The third-order valence-electron chi connectivity index (χ3n) is 4.89. The summed E-state index contributed by atoms with van der Waals surface area (Å²) in [4.78, 5) is 47.2. The van der Waals surface area contributed by atoms with Crippen LogP contribution < -0.4 is 20.1 Å². The third-order valence-corrected chi connectivity index (χ3v) is 6.99. The first-order chi connectivity index (χ1) is 17.5. The molecule has 0 saturated heterocycles. The second-order valence-electron chi connectivity index (χ2n) is 7.59. The summed E-state index contributed by atoms with van der Waals surface area (Å²) in [6, 6.07) is 11.7. The minimum atomic E-state index is -4.50. The minimum Gasteiger partial charge on any atom is -0.497 e. The van der Waals surface area contributed by atoms with E-state index < -0.39 is 57.6 Å². The summed E-state index contributed by atoms with van der Waals surface area (Å²) in [5, 5.41) is 1.36. The SMILES string of the molecule is COc1ccc(C(NC(=O)COC(C)=O)S(=O)(=O)C(NC(=O)COC(C)=O)c2ccc(OC)cc2)cc1. The van der Waals surface area contributed by atoms with E-state index in [-0.39, 0.29) is 11.1 Å². The minimum absolute atomic E-state index is 0.143. The summed E-state index contributed by atoms with van der Waals surface area (Å²) in [5.41, 5.74) is 0.287. The lowest BCUT2D eigenvalue weighted by Crippen LogP contribution is -2.43. The number of hydrogen-bond acceptors (Lipinski definition) is 10. The molecule has 2 amide bonds. The molecule has 0 heterocycles. The number of esters is 2. The first kappa shape index (κ1) is 29.1. The smallest absolute Gasteiger partial charge is 0.303 e. The third kappa shape index (κ3) is 8.49. The molecular weight excluding hydrogens is 508 g/mol. The second kappa shape index (κ2) is 13.3. The Morgan fingerprint density at radius 3 is 1.27 bits per heavy atom. The Hall–Kier alpha value is -4.13. The normalized spacial score (nSPS) is 12.4. The van der Waals surface area contributed by atoms with Crippen molar-refractivity contribution in [3.05, 3.63) is 59.7 Å². The molecule has 0 aliphatic rings. The average Bonchev–Trinajstić information content (AvgIpc) is 2.88. The molecule has 0 aromatic heterocycles. The topological polar surface area (TPSA) is 163 Å². The van der Waals surface area contributed by atoms with Gasteiger partial charge in [0.05, 0.1) is 14.2 Å². The van der Waals surface area contributed by atoms with Gasteiger partial charge in [0.2, 0.25) is 9.84 Å². The number of carbonyl (C=O) groups excluding carboxylic acids is 4. The number of sulfone groups is 1. The van der Waals surface area contributed by atoms with E-state index in [1.165, 1.54) is 62.8 Å². The van der Waals surface area contributed by atoms with E-state index in [2.05, 4.69) is 20.1 Å². The van der Waals surface area contributed by atoms with E-state index in [0.717, 1.165) is 13.8 Å². The van der Waals surface area contributed by atoms with Gasteiger partial charge < -0.3 is 29.6 Å². The highest BCUT2D eigenvalue weighted by Gasteiger charge is 2.38. The molecule has 2 atom stereocenters. The lowest BCUT2D eigenvalue weighted by atomic mass is 10.2. The van der Waals surface area contributed by atoms with E-state index >= 15 is 0 Å². The summed E-state index contributed by atoms with van der Waals surface area (Å²) in [6.07, 6.45) is 0. The summed E-state index contributed by atoms with van der Waals surface area (Å²) < 4.78 is 47.6. The van der Waals surface area contributed by atoms with Crippen LogP contribution in [0.3, 0.4) is 0 Å². The number of rotatable bonds is 12. The highest BCUT2D eigenvalue weighted by atomic mass is 32.2. The molecule has 2 aromatic rings. The van der Waals surface area contributed by atoms with Crippen LogP contribution in [0.15, 0.2) is 48.5 Å². The summed E-state index contributed by atoms with van der Waals surface area (Å²) >= 11 is 0. The molecule has 2 N–H and O–H groups in total. The summed E-state index contributed by atoms with van der Waals surface area (Å²) in [7, 11) is -1.64. The maximum Gasteiger partial charge on any atom is 0.303 e. The van der Waals surface area contributed by atoms with Crippen molar-refractivity contribution in [1.29, 1.82) is 0 Å². The van der Waals surface area contributed by atoms with Gasteiger partial charge in [0.25, 0.3) is 11.8 Å². The predicted octanol–water partition coefficient (Wildman–Crippen LogP) is 1.17. The van der Waals surface area contributed by atoms with Crippen LogP contribution in [-0.2, 0) is 38.5 Å². The second-order valence-corrected chi connectivity index (χ2v) is 9.71. The lowest BCUT2D eigenvalue weighted by Gasteiger charge is -2.27. The Kier molecular flexibility index (Phi) is 10.4. The van der Waals surface area contributed by atoms with Gasteiger partial charge in [-0.05, 0) is 35.4 Å². The first-order valence-corrected chi connectivity index (χ1v) is 12.4. The molecule has 12 nitrogen and oxygen atoms in total. The van der Waals surface area contributed by atoms with Gasteiger partial charge in [-0.25, -0.2) is 8.42 Å². The summed E-state index contributed by atoms with van der Waals surface area (Å²) in [5.74, 6) is -2.36. The van der Waals surface area contributed by atoms with Gasteiger partial charge in [0.15, 0.2) is 24.0 Å². The van der Waals surface area contributed by atoms with Crippen LogP contribution in [0.25, 0.3) is 0 Å². The molecule has 200 valence electrons. The van der Waals surface area contributed by atoms with Gasteiger partial charge in [-0.2, -0.15) is 0 Å². The Labute approximate surface area is 214 Å². The number of carbonyl (C=O) groups is 4. The Balaban J connectivity index is 2.54. The van der Waals surface area contributed by atoms with E-state index in [1.54, 1.807) is 0 Å². The van der Waals surface area contributed by atoms with Crippen LogP contribution in [0.2, 0.25) is 0 Å². The van der Waals surface area contributed by atoms with Crippen molar-refractivity contribution >= 4 is 33.6 Å². The number of hydrogen-bond donors (Lipinski definition) is 2. The number of benzene rings is 2. The van der Waals surface area contributed by atoms with Gasteiger partial charge in [-0.1, -0.05) is 24.3 Å². The molecule has 0 spiro atoms. The van der Waals surface area contributed by atoms with Crippen LogP contribution in [0.1, 0.15) is 35.7 Å². The summed E-state index contributed by atoms with van der Waals surface area (Å²) in [6.45, 7) is 0.764. The number of amides is 2. The lowest BCUT2D eigenvalue weighted by molar-refractivity contribution is -0.146. The van der Waals surface area contributed by atoms with Gasteiger partial charge in [-0.3, -0.25) is 19.2 Å². The number of ether oxygens (including phenoxy) is 4. The van der Waals surface area contributed by atoms with Crippen LogP contribution in [0, 0.1) is 0 Å². The van der Waals surface area contributed by atoms with Gasteiger partial charge >= 0.3 is 11.9 Å². The molecule has 2 rings (SSSR count). The van der Waals surface area contributed by atoms with Crippen molar-refractivity contribution in [2.45, 2.75) is 24.6 Å². The number of methoxy groups -OCH3 is 2. The maximum atomic E-state index is 14.0. The van der Waals surface area contributed by atoms with Crippen molar-refractivity contribution in [2.24, 2.45) is 0 Å². The molecule has 37 heavy (non-hydrogen) atoms. The molecule has 0 radical (unpaired) electrons. The fraction of sp³-hybridized carbons (Fsp3) is 0.333. The van der Waals surface area contributed by atoms with Crippen molar-refractivity contribution in [1.82, 2.24) is 10.6 Å². The largest absolute Gasteiger partial charge is 0.497 e. The zero-order valence-corrected chi connectivity index (χ0v) is 21.5. The van der Waals surface area contributed by atoms with Crippen molar-refractivity contribution < 1.29 is 46.5 Å².